The van der Waals surface area contributed by atoms with Crippen molar-refractivity contribution in [2.45, 2.75) is 44.7 Å². The third-order valence-electron chi connectivity index (χ3n) is 4.19. The topological polar surface area (TPSA) is 113 Å². The lowest BCUT2D eigenvalue weighted by molar-refractivity contribution is -0.117. The number of hydrogen-bond donors (Lipinski definition) is 3. The first-order chi connectivity index (χ1) is 11.1. The molecule has 124 valence electrons. The van der Waals surface area contributed by atoms with Gasteiger partial charge in [-0.25, -0.2) is 4.98 Å². The molecular formula is C15H22N6O2. The molecule has 0 bridgehead atoms. The highest BCUT2D eigenvalue weighted by atomic mass is 16.2. The van der Waals surface area contributed by atoms with Crippen molar-refractivity contribution in [3.05, 3.63) is 11.8 Å². The molecule has 1 aromatic rings. The third kappa shape index (κ3) is 3.58. The Kier molecular flexibility index (Phi) is 4.42. The van der Waals surface area contributed by atoms with E-state index in [4.69, 9.17) is 5.73 Å². The van der Waals surface area contributed by atoms with Crippen molar-refractivity contribution in [1.82, 2.24) is 15.3 Å². The van der Waals surface area contributed by atoms with Gasteiger partial charge in [-0.2, -0.15) is 4.98 Å². The van der Waals surface area contributed by atoms with Crippen LogP contribution < -0.4 is 21.3 Å². The average Bonchev–Trinajstić information content (AvgIpc) is 3.32. The lowest BCUT2D eigenvalue weighted by Gasteiger charge is -2.32. The molecule has 2 heterocycles. The van der Waals surface area contributed by atoms with Crippen molar-refractivity contribution in [3.8, 4) is 0 Å². The molecular weight excluding hydrogens is 296 g/mol. The fourth-order valence-electron chi connectivity index (χ4n) is 2.83. The minimum absolute atomic E-state index is 0.0713. The molecule has 0 unspecified atom stereocenters. The van der Waals surface area contributed by atoms with Crippen molar-refractivity contribution in [2.24, 2.45) is 5.73 Å². The lowest BCUT2D eigenvalue weighted by Crippen LogP contribution is -2.46. The molecule has 0 aromatic carbocycles. The third-order valence-corrected chi connectivity index (χ3v) is 4.19. The Bertz CT molecular complexity index is 610. The van der Waals surface area contributed by atoms with Crippen LogP contribution >= 0.6 is 0 Å². The molecule has 3 rings (SSSR count). The molecule has 2 aliphatic rings. The van der Waals surface area contributed by atoms with Gasteiger partial charge >= 0.3 is 0 Å². The number of aromatic nitrogens is 2. The second-order valence-corrected chi connectivity index (χ2v) is 6.09. The van der Waals surface area contributed by atoms with Gasteiger partial charge in [-0.1, -0.05) is 0 Å². The molecule has 1 aliphatic carbocycles. The SMILES string of the molecule is CC(=O)N(c1ncc(C(N)=O)c(NC2CC2)n1)C1CCNCC1. The second-order valence-electron chi connectivity index (χ2n) is 6.09. The molecule has 2 amide bonds. The fraction of sp³-hybridized carbons (Fsp3) is 0.600. The van der Waals surface area contributed by atoms with Gasteiger partial charge in [-0.3, -0.25) is 14.5 Å². The highest BCUT2D eigenvalue weighted by molar-refractivity contribution is 5.98. The Balaban J connectivity index is 1.92. The summed E-state index contributed by atoms with van der Waals surface area (Å²) in [4.78, 5) is 34.0. The molecule has 1 saturated heterocycles. The molecule has 4 N–H and O–H groups in total. The van der Waals surface area contributed by atoms with Gasteiger partial charge in [-0.05, 0) is 38.8 Å². The molecule has 1 aliphatic heterocycles. The first kappa shape index (κ1) is 15.7. The van der Waals surface area contributed by atoms with Crippen LogP contribution in [-0.2, 0) is 4.79 Å². The standard InChI is InChI=1S/C15H22N6O2/c1-9(22)21(11-4-6-17-7-5-11)15-18-8-12(13(16)23)14(20-15)19-10-2-3-10/h8,10-11,17H,2-7H2,1H3,(H2,16,23)(H,18,19,20). The Morgan fingerprint density at radius 3 is 2.57 bits per heavy atom. The molecule has 1 aromatic heterocycles. The number of carbonyl (C=O) groups is 2. The normalized spacial score (nSPS) is 18.5. The lowest BCUT2D eigenvalue weighted by atomic mass is 10.1. The predicted octanol–water partition coefficient (Wildman–Crippen LogP) is 0.255. The van der Waals surface area contributed by atoms with Crippen LogP contribution in [0.1, 0.15) is 43.0 Å². The summed E-state index contributed by atoms with van der Waals surface area (Å²) in [6.07, 6.45) is 5.20. The summed E-state index contributed by atoms with van der Waals surface area (Å²) in [6, 6.07) is 0.391. The van der Waals surface area contributed by atoms with Gasteiger partial charge in [0, 0.05) is 25.2 Å². The van der Waals surface area contributed by atoms with Gasteiger partial charge in [0.05, 0.1) is 5.56 Å². The van der Waals surface area contributed by atoms with E-state index in [1.54, 1.807) is 4.90 Å². The van der Waals surface area contributed by atoms with E-state index in [-0.39, 0.29) is 17.5 Å². The number of rotatable bonds is 5. The summed E-state index contributed by atoms with van der Waals surface area (Å²) in [7, 11) is 0. The minimum Gasteiger partial charge on any atom is -0.367 e. The Labute approximate surface area is 134 Å². The number of piperidine rings is 1. The summed E-state index contributed by atoms with van der Waals surface area (Å²) < 4.78 is 0. The molecule has 0 spiro atoms. The Hall–Kier alpha value is -2.22. The van der Waals surface area contributed by atoms with E-state index >= 15 is 0 Å². The monoisotopic (exact) mass is 318 g/mol. The Morgan fingerprint density at radius 1 is 1.30 bits per heavy atom. The molecule has 23 heavy (non-hydrogen) atoms. The first-order valence-corrected chi connectivity index (χ1v) is 8.00. The van der Waals surface area contributed by atoms with E-state index in [0.717, 1.165) is 38.8 Å². The zero-order chi connectivity index (χ0) is 16.4. The molecule has 2 fully saturated rings. The zero-order valence-electron chi connectivity index (χ0n) is 13.2. The van der Waals surface area contributed by atoms with E-state index in [2.05, 4.69) is 20.6 Å². The average molecular weight is 318 g/mol. The smallest absolute Gasteiger partial charge is 0.254 e. The first-order valence-electron chi connectivity index (χ1n) is 8.00. The maximum absolute atomic E-state index is 12.1. The maximum atomic E-state index is 12.1. The van der Waals surface area contributed by atoms with Gasteiger partial charge in [0.15, 0.2) is 0 Å². The number of primary amides is 1. The minimum atomic E-state index is -0.573. The zero-order valence-corrected chi connectivity index (χ0v) is 13.2. The molecule has 0 atom stereocenters. The largest absolute Gasteiger partial charge is 0.367 e. The quantitative estimate of drug-likeness (QED) is 0.717. The van der Waals surface area contributed by atoms with E-state index in [0.29, 0.717) is 17.8 Å². The van der Waals surface area contributed by atoms with E-state index in [1.807, 2.05) is 0 Å². The maximum Gasteiger partial charge on any atom is 0.254 e. The van der Waals surface area contributed by atoms with Crippen molar-refractivity contribution in [3.63, 3.8) is 0 Å². The van der Waals surface area contributed by atoms with Crippen molar-refractivity contribution in [2.75, 3.05) is 23.3 Å². The van der Waals surface area contributed by atoms with Crippen LogP contribution in [0.5, 0.6) is 0 Å². The summed E-state index contributed by atoms with van der Waals surface area (Å²) in [6.45, 7) is 3.24. The van der Waals surface area contributed by atoms with Crippen LogP contribution in [0.4, 0.5) is 11.8 Å². The summed E-state index contributed by atoms with van der Waals surface area (Å²) in [5.41, 5.74) is 5.65. The number of carbonyl (C=O) groups excluding carboxylic acids is 2. The predicted molar refractivity (Wildman–Crippen MR) is 86.2 cm³/mol. The van der Waals surface area contributed by atoms with Crippen LogP contribution in [-0.4, -0.2) is 47.0 Å². The van der Waals surface area contributed by atoms with Gasteiger partial charge in [0.1, 0.15) is 5.82 Å². The number of hydrogen-bond acceptors (Lipinski definition) is 6. The number of amides is 2. The molecule has 0 radical (unpaired) electrons. The highest BCUT2D eigenvalue weighted by Crippen LogP contribution is 2.27. The van der Waals surface area contributed by atoms with Crippen molar-refractivity contribution < 1.29 is 9.59 Å². The molecule has 8 heteroatoms. The number of nitrogens with one attached hydrogen (secondary N) is 2. The van der Waals surface area contributed by atoms with Gasteiger partial charge in [-0.15, -0.1) is 0 Å². The number of nitrogens with zero attached hydrogens (tertiary/aromatic N) is 3. The van der Waals surface area contributed by atoms with E-state index in [1.165, 1.54) is 13.1 Å². The summed E-state index contributed by atoms with van der Waals surface area (Å²) >= 11 is 0. The van der Waals surface area contributed by atoms with Crippen LogP contribution in [0.15, 0.2) is 6.20 Å². The van der Waals surface area contributed by atoms with Gasteiger partial charge in [0.2, 0.25) is 11.9 Å². The Morgan fingerprint density at radius 2 is 2.00 bits per heavy atom. The van der Waals surface area contributed by atoms with Crippen LogP contribution in [0.25, 0.3) is 0 Å². The van der Waals surface area contributed by atoms with Crippen molar-refractivity contribution >= 4 is 23.6 Å². The number of nitrogens with two attached hydrogens (primary N) is 1. The second kappa shape index (κ2) is 6.49. The van der Waals surface area contributed by atoms with Crippen molar-refractivity contribution in [1.29, 1.82) is 0 Å². The van der Waals surface area contributed by atoms with Gasteiger partial charge < -0.3 is 16.4 Å². The van der Waals surface area contributed by atoms with Crippen LogP contribution in [0.3, 0.4) is 0 Å². The van der Waals surface area contributed by atoms with Crippen LogP contribution in [0, 0.1) is 0 Å². The summed E-state index contributed by atoms with van der Waals surface area (Å²) in [5, 5.41) is 6.48. The van der Waals surface area contributed by atoms with Crippen LogP contribution in [0.2, 0.25) is 0 Å². The number of anilines is 2. The molecule has 8 nitrogen and oxygen atoms in total. The molecule has 1 saturated carbocycles. The van der Waals surface area contributed by atoms with Gasteiger partial charge in [0.25, 0.3) is 5.91 Å². The summed E-state index contributed by atoms with van der Waals surface area (Å²) in [5.74, 6) is 0.0831. The van der Waals surface area contributed by atoms with E-state index < -0.39 is 5.91 Å². The fourth-order valence-corrected chi connectivity index (χ4v) is 2.83. The van der Waals surface area contributed by atoms with E-state index in [9.17, 15) is 9.59 Å². The highest BCUT2D eigenvalue weighted by Gasteiger charge is 2.29.